The molecule has 1 aliphatic carbocycles. The summed E-state index contributed by atoms with van der Waals surface area (Å²) in [5.41, 5.74) is 0. The van der Waals surface area contributed by atoms with Crippen LogP contribution in [-0.2, 0) is 9.47 Å². The van der Waals surface area contributed by atoms with E-state index >= 15 is 0 Å². The topological polar surface area (TPSA) is 30.5 Å². The highest BCUT2D eigenvalue weighted by molar-refractivity contribution is 4.97. The Morgan fingerprint density at radius 3 is 2.56 bits per heavy atom. The first-order chi connectivity index (χ1) is 7.69. The molecule has 1 fully saturated rings. The molecule has 0 amide bonds. The van der Waals surface area contributed by atoms with Gasteiger partial charge in [0.15, 0.2) is 0 Å². The molecule has 16 heavy (non-hydrogen) atoms. The van der Waals surface area contributed by atoms with Gasteiger partial charge < -0.3 is 14.8 Å². The van der Waals surface area contributed by atoms with Crippen molar-refractivity contribution in [3.8, 4) is 0 Å². The van der Waals surface area contributed by atoms with Crippen LogP contribution in [0.2, 0.25) is 0 Å². The largest absolute Gasteiger partial charge is 0.374 e. The average Bonchev–Trinajstić information content (AvgIpc) is 2.22. The molecular weight excluding hydrogens is 202 g/mol. The van der Waals surface area contributed by atoms with Crippen molar-refractivity contribution in [1.29, 1.82) is 0 Å². The molecule has 3 unspecified atom stereocenters. The summed E-state index contributed by atoms with van der Waals surface area (Å²) in [7, 11) is 0. The second-order valence-electron chi connectivity index (χ2n) is 4.86. The molecule has 0 aromatic heterocycles. The summed E-state index contributed by atoms with van der Waals surface area (Å²) in [4.78, 5) is 0. The van der Waals surface area contributed by atoms with Crippen molar-refractivity contribution in [1.82, 2.24) is 5.32 Å². The van der Waals surface area contributed by atoms with Gasteiger partial charge in [0.1, 0.15) is 0 Å². The Morgan fingerprint density at radius 1 is 1.25 bits per heavy atom. The van der Waals surface area contributed by atoms with Gasteiger partial charge in [-0.25, -0.2) is 0 Å². The van der Waals surface area contributed by atoms with Gasteiger partial charge in [-0.2, -0.15) is 0 Å². The summed E-state index contributed by atoms with van der Waals surface area (Å²) >= 11 is 0. The van der Waals surface area contributed by atoms with Crippen LogP contribution in [-0.4, -0.2) is 37.5 Å². The molecule has 0 spiro atoms. The molecule has 0 heterocycles. The Labute approximate surface area is 99.9 Å². The molecule has 0 bridgehead atoms. The maximum absolute atomic E-state index is 5.86. The van der Waals surface area contributed by atoms with Crippen LogP contribution in [0, 0.1) is 0 Å². The quantitative estimate of drug-likeness (QED) is 0.693. The Balaban J connectivity index is 2.32. The van der Waals surface area contributed by atoms with Crippen molar-refractivity contribution in [2.75, 3.05) is 13.2 Å². The predicted octanol–water partition coefficient (Wildman–Crippen LogP) is 2.35. The van der Waals surface area contributed by atoms with E-state index in [2.05, 4.69) is 33.0 Å². The smallest absolute Gasteiger partial charge is 0.0990 e. The highest BCUT2D eigenvalue weighted by atomic mass is 16.5. The molecule has 0 aromatic rings. The van der Waals surface area contributed by atoms with Crippen LogP contribution in [0.25, 0.3) is 0 Å². The minimum atomic E-state index is 0.258. The van der Waals surface area contributed by atoms with Crippen molar-refractivity contribution >= 4 is 0 Å². The van der Waals surface area contributed by atoms with Gasteiger partial charge in [-0.3, -0.25) is 0 Å². The maximum Gasteiger partial charge on any atom is 0.0990 e. The average molecular weight is 229 g/mol. The van der Waals surface area contributed by atoms with Crippen molar-refractivity contribution < 1.29 is 9.47 Å². The van der Waals surface area contributed by atoms with Crippen LogP contribution in [0.4, 0.5) is 0 Å². The zero-order valence-electron chi connectivity index (χ0n) is 11.2. The van der Waals surface area contributed by atoms with Gasteiger partial charge in [-0.15, -0.1) is 0 Å². The molecule has 3 atom stereocenters. The van der Waals surface area contributed by atoms with Crippen molar-refractivity contribution in [2.24, 2.45) is 0 Å². The number of nitrogens with one attached hydrogen (secondary N) is 1. The molecule has 1 saturated carbocycles. The summed E-state index contributed by atoms with van der Waals surface area (Å²) in [5.74, 6) is 0. The second kappa shape index (κ2) is 7.25. The van der Waals surface area contributed by atoms with E-state index in [-0.39, 0.29) is 6.10 Å². The van der Waals surface area contributed by atoms with Crippen molar-refractivity contribution in [3.63, 3.8) is 0 Å². The molecule has 3 heteroatoms. The molecule has 96 valence electrons. The molecule has 0 saturated heterocycles. The monoisotopic (exact) mass is 229 g/mol. The third-order valence-corrected chi connectivity index (χ3v) is 2.87. The fraction of sp³-hybridized carbons (Fsp3) is 1.00. The van der Waals surface area contributed by atoms with Gasteiger partial charge in [0.25, 0.3) is 0 Å². The molecule has 0 aromatic carbocycles. The standard InChI is InChI=1S/C13H27NO2/c1-5-7-14-11-9-12(16-10(3)4)13(11)15-8-6-2/h10-14H,5-9H2,1-4H3. The van der Waals surface area contributed by atoms with E-state index in [9.17, 15) is 0 Å². The van der Waals surface area contributed by atoms with E-state index in [0.29, 0.717) is 18.2 Å². The third kappa shape index (κ3) is 4.04. The fourth-order valence-corrected chi connectivity index (χ4v) is 2.07. The summed E-state index contributed by atoms with van der Waals surface area (Å²) in [6.45, 7) is 10.4. The van der Waals surface area contributed by atoms with Gasteiger partial charge in [0.2, 0.25) is 0 Å². The van der Waals surface area contributed by atoms with E-state index in [1.807, 2.05) is 0 Å². The van der Waals surface area contributed by atoms with Crippen molar-refractivity contribution in [3.05, 3.63) is 0 Å². The zero-order valence-corrected chi connectivity index (χ0v) is 11.2. The minimum absolute atomic E-state index is 0.258. The number of ether oxygens (including phenoxy) is 2. The summed E-state index contributed by atoms with van der Waals surface area (Å²) in [6.07, 6.45) is 4.18. The normalized spacial score (nSPS) is 29.4. The van der Waals surface area contributed by atoms with Crippen LogP contribution < -0.4 is 5.32 Å². The van der Waals surface area contributed by atoms with Crippen molar-refractivity contribution in [2.45, 2.75) is 71.3 Å². The Morgan fingerprint density at radius 2 is 2.00 bits per heavy atom. The summed E-state index contributed by atoms with van der Waals surface area (Å²) < 4.78 is 11.7. The first-order valence-electron chi connectivity index (χ1n) is 6.69. The van der Waals surface area contributed by atoms with Crippen LogP contribution in [0.5, 0.6) is 0 Å². The lowest BCUT2D eigenvalue weighted by atomic mass is 9.85. The number of hydrogen-bond donors (Lipinski definition) is 1. The lowest BCUT2D eigenvalue weighted by molar-refractivity contribution is -0.161. The molecule has 1 rings (SSSR count). The van der Waals surface area contributed by atoms with Gasteiger partial charge in [0.05, 0.1) is 18.3 Å². The lowest BCUT2D eigenvalue weighted by Gasteiger charge is -2.45. The minimum Gasteiger partial charge on any atom is -0.374 e. The SMILES string of the molecule is CCCNC1CC(OC(C)C)C1OCCC. The zero-order chi connectivity index (χ0) is 12.0. The number of rotatable bonds is 8. The highest BCUT2D eigenvalue weighted by Crippen LogP contribution is 2.28. The highest BCUT2D eigenvalue weighted by Gasteiger charge is 2.42. The van der Waals surface area contributed by atoms with Gasteiger partial charge >= 0.3 is 0 Å². The van der Waals surface area contributed by atoms with Crippen LogP contribution >= 0.6 is 0 Å². The Hall–Kier alpha value is -0.120. The summed E-state index contributed by atoms with van der Waals surface area (Å²) in [6, 6.07) is 0.496. The van der Waals surface area contributed by atoms with Gasteiger partial charge in [-0.05, 0) is 39.7 Å². The first-order valence-corrected chi connectivity index (χ1v) is 6.69. The second-order valence-corrected chi connectivity index (χ2v) is 4.86. The van der Waals surface area contributed by atoms with Crippen LogP contribution in [0.3, 0.4) is 0 Å². The molecular formula is C13H27NO2. The predicted molar refractivity (Wildman–Crippen MR) is 66.7 cm³/mol. The Kier molecular flexibility index (Phi) is 6.32. The molecule has 1 aliphatic rings. The van der Waals surface area contributed by atoms with E-state index in [0.717, 1.165) is 26.0 Å². The van der Waals surface area contributed by atoms with Crippen LogP contribution in [0.1, 0.15) is 47.0 Å². The lowest BCUT2D eigenvalue weighted by Crippen LogP contribution is -2.60. The molecule has 3 nitrogen and oxygen atoms in total. The molecule has 0 radical (unpaired) electrons. The Bertz CT molecular complexity index is 185. The van der Waals surface area contributed by atoms with Gasteiger partial charge in [0, 0.05) is 12.6 Å². The molecule has 1 N–H and O–H groups in total. The van der Waals surface area contributed by atoms with Gasteiger partial charge in [-0.1, -0.05) is 13.8 Å². The van der Waals surface area contributed by atoms with E-state index in [1.54, 1.807) is 0 Å². The fourth-order valence-electron chi connectivity index (χ4n) is 2.07. The molecule has 0 aliphatic heterocycles. The van der Waals surface area contributed by atoms with E-state index < -0.39 is 0 Å². The van der Waals surface area contributed by atoms with Crippen LogP contribution in [0.15, 0.2) is 0 Å². The maximum atomic E-state index is 5.86. The van der Waals surface area contributed by atoms with E-state index in [1.165, 1.54) is 6.42 Å². The first kappa shape index (κ1) is 13.9. The third-order valence-electron chi connectivity index (χ3n) is 2.87. The number of hydrogen-bond acceptors (Lipinski definition) is 3. The summed E-state index contributed by atoms with van der Waals surface area (Å²) in [5, 5.41) is 3.53. The van der Waals surface area contributed by atoms with E-state index in [4.69, 9.17) is 9.47 Å².